The van der Waals surface area contributed by atoms with Crippen molar-refractivity contribution in [3.63, 3.8) is 0 Å². The average molecular weight is 523 g/mol. The molecular formula is C31H50N6O. The molecule has 7 heteroatoms. The van der Waals surface area contributed by atoms with Crippen molar-refractivity contribution in [1.82, 2.24) is 25.0 Å². The molecule has 210 valence electrons. The Bertz CT molecular complexity index is 974. The Kier molecular flexibility index (Phi) is 14.5. The Morgan fingerprint density at radius 2 is 1.74 bits per heavy atom. The Balaban J connectivity index is 0.00000121. The third-order valence-electron chi connectivity index (χ3n) is 6.99. The molecule has 0 bridgehead atoms. The van der Waals surface area contributed by atoms with Crippen molar-refractivity contribution in [2.24, 2.45) is 5.92 Å². The van der Waals surface area contributed by atoms with E-state index in [1.807, 2.05) is 47.1 Å². The van der Waals surface area contributed by atoms with Crippen LogP contribution in [0.1, 0.15) is 96.7 Å². The molecule has 7 nitrogen and oxygen atoms in total. The van der Waals surface area contributed by atoms with Crippen molar-refractivity contribution < 1.29 is 4.79 Å². The van der Waals surface area contributed by atoms with E-state index in [0.29, 0.717) is 11.9 Å². The molecule has 38 heavy (non-hydrogen) atoms. The summed E-state index contributed by atoms with van der Waals surface area (Å²) in [6.45, 7) is 14.4. The molecule has 2 aromatic heterocycles. The van der Waals surface area contributed by atoms with Crippen molar-refractivity contribution in [2.45, 2.75) is 92.2 Å². The van der Waals surface area contributed by atoms with E-state index in [0.717, 1.165) is 82.6 Å². The van der Waals surface area contributed by atoms with Gasteiger partial charge in [-0.1, -0.05) is 52.9 Å². The van der Waals surface area contributed by atoms with Crippen molar-refractivity contribution in [2.75, 3.05) is 38.1 Å². The minimum Gasteiger partial charge on any atom is -0.357 e. The second kappa shape index (κ2) is 17.6. The van der Waals surface area contributed by atoms with Crippen molar-refractivity contribution in [1.29, 1.82) is 0 Å². The fourth-order valence-corrected chi connectivity index (χ4v) is 4.91. The number of hydrogen-bond donors (Lipinski definition) is 1. The Hall–Kier alpha value is -2.85. The smallest absolute Gasteiger partial charge is 0.225 e. The van der Waals surface area contributed by atoms with E-state index in [2.05, 4.69) is 67.0 Å². The minimum absolute atomic E-state index is 0.128. The van der Waals surface area contributed by atoms with Crippen molar-refractivity contribution in [3.05, 3.63) is 41.9 Å². The largest absolute Gasteiger partial charge is 0.357 e. The molecule has 2 fully saturated rings. The predicted octanol–water partition coefficient (Wildman–Crippen LogP) is 5.67. The average Bonchev–Trinajstić information content (AvgIpc) is 3.46. The van der Waals surface area contributed by atoms with Gasteiger partial charge < -0.3 is 15.1 Å². The summed E-state index contributed by atoms with van der Waals surface area (Å²) in [6, 6.07) is 4.51. The van der Waals surface area contributed by atoms with E-state index in [1.54, 1.807) is 0 Å². The number of pyridine rings is 1. The number of nitrogens with one attached hydrogen (secondary N) is 1. The molecule has 0 aliphatic carbocycles. The third kappa shape index (κ3) is 9.16. The number of anilines is 1. The minimum atomic E-state index is 0.128. The lowest BCUT2D eigenvalue weighted by atomic mass is 9.93. The van der Waals surface area contributed by atoms with Crippen molar-refractivity contribution >= 4 is 11.7 Å². The van der Waals surface area contributed by atoms with Crippen LogP contribution >= 0.6 is 0 Å². The van der Waals surface area contributed by atoms with Crippen LogP contribution in [0.4, 0.5) is 5.82 Å². The summed E-state index contributed by atoms with van der Waals surface area (Å²) in [5.41, 5.74) is 2.18. The number of hydrogen-bond acceptors (Lipinski definition) is 5. The number of amides is 1. The highest BCUT2D eigenvalue weighted by atomic mass is 16.2. The number of unbranched alkanes of at least 4 members (excludes halogenated alkanes) is 2. The topological polar surface area (TPSA) is 66.3 Å². The number of aromatic nitrogens is 3. The van der Waals surface area contributed by atoms with Crippen LogP contribution in [0.2, 0.25) is 0 Å². The summed E-state index contributed by atoms with van der Waals surface area (Å²) < 4.78 is 2.09. The quantitative estimate of drug-likeness (QED) is 0.375. The van der Waals surface area contributed by atoms with Gasteiger partial charge in [0.2, 0.25) is 5.91 Å². The van der Waals surface area contributed by atoms with Gasteiger partial charge in [-0.25, -0.2) is 4.98 Å². The standard InChI is InChI=1S/C27H38N6O.2C2H6/c1-3-4-5-6-7-22-8-9-26(29-19-22)31-14-10-24(11-15-31)27(34)32-16-12-25(13-17-32)33-21-23(18-28-2)20-30-33;2*1-2/h8-9,19-21,24-25,28H,3-5,10-18H2,1-2H3;2*1-2H3. The molecule has 0 atom stereocenters. The molecule has 0 saturated carbocycles. The Morgan fingerprint density at radius 3 is 2.34 bits per heavy atom. The molecule has 0 unspecified atom stereocenters. The first-order valence-electron chi connectivity index (χ1n) is 14.8. The molecule has 1 amide bonds. The molecule has 1 N–H and O–H groups in total. The first-order chi connectivity index (χ1) is 18.7. The first kappa shape index (κ1) is 31.4. The first-order valence-corrected chi connectivity index (χ1v) is 14.8. The number of piperidine rings is 2. The van der Waals surface area contributed by atoms with Gasteiger partial charge in [0.05, 0.1) is 12.2 Å². The van der Waals surface area contributed by atoms with Gasteiger partial charge in [0.25, 0.3) is 0 Å². The van der Waals surface area contributed by atoms with Gasteiger partial charge in [-0.2, -0.15) is 5.10 Å². The maximum Gasteiger partial charge on any atom is 0.225 e. The summed E-state index contributed by atoms with van der Waals surface area (Å²) >= 11 is 0. The fourth-order valence-electron chi connectivity index (χ4n) is 4.91. The summed E-state index contributed by atoms with van der Waals surface area (Å²) in [5.74, 6) is 7.86. The van der Waals surface area contributed by atoms with Gasteiger partial charge in [0, 0.05) is 68.6 Å². The van der Waals surface area contributed by atoms with Crippen LogP contribution in [0, 0.1) is 17.8 Å². The predicted molar refractivity (Wildman–Crippen MR) is 158 cm³/mol. The van der Waals surface area contributed by atoms with Gasteiger partial charge in [-0.05, 0) is 51.3 Å². The molecule has 2 aliphatic rings. The molecule has 4 heterocycles. The van der Waals surface area contributed by atoms with E-state index in [-0.39, 0.29) is 5.92 Å². The van der Waals surface area contributed by atoms with Crippen LogP contribution in [-0.2, 0) is 11.3 Å². The van der Waals surface area contributed by atoms with Crippen LogP contribution in [0.15, 0.2) is 30.7 Å². The molecule has 2 aliphatic heterocycles. The monoisotopic (exact) mass is 522 g/mol. The van der Waals surface area contributed by atoms with Crippen LogP contribution in [-0.4, -0.2) is 58.8 Å². The van der Waals surface area contributed by atoms with Gasteiger partial charge in [-0.15, -0.1) is 0 Å². The van der Waals surface area contributed by atoms with Gasteiger partial charge >= 0.3 is 0 Å². The lowest BCUT2D eigenvalue weighted by Crippen LogP contribution is -2.45. The van der Waals surface area contributed by atoms with Crippen LogP contribution in [0.5, 0.6) is 0 Å². The summed E-state index contributed by atoms with van der Waals surface area (Å²) in [5, 5.41) is 7.70. The molecule has 0 spiro atoms. The summed E-state index contributed by atoms with van der Waals surface area (Å²) in [4.78, 5) is 22.2. The summed E-state index contributed by atoms with van der Waals surface area (Å²) in [7, 11) is 1.95. The van der Waals surface area contributed by atoms with Crippen LogP contribution in [0.25, 0.3) is 0 Å². The van der Waals surface area contributed by atoms with E-state index < -0.39 is 0 Å². The fraction of sp³-hybridized carbons (Fsp3) is 0.645. The van der Waals surface area contributed by atoms with Crippen LogP contribution < -0.4 is 10.2 Å². The zero-order valence-electron chi connectivity index (χ0n) is 24.7. The molecule has 4 rings (SSSR count). The second-order valence-corrected chi connectivity index (χ2v) is 9.49. The molecular weight excluding hydrogens is 472 g/mol. The zero-order valence-corrected chi connectivity index (χ0v) is 24.7. The van der Waals surface area contributed by atoms with Gasteiger partial charge in [0.15, 0.2) is 0 Å². The van der Waals surface area contributed by atoms with E-state index in [1.165, 1.54) is 12.0 Å². The Morgan fingerprint density at radius 1 is 1.03 bits per heavy atom. The SMILES string of the molecule is CC.CC.CCCCC#Cc1ccc(N2CCC(C(=O)N3CCC(n4cc(CNC)cn4)CC3)CC2)nc1. The lowest BCUT2D eigenvalue weighted by Gasteiger charge is -2.37. The zero-order chi connectivity index (χ0) is 27.8. The number of carbonyl (C=O) groups is 1. The molecule has 2 aromatic rings. The molecule has 0 aromatic carbocycles. The maximum absolute atomic E-state index is 13.2. The molecule has 0 radical (unpaired) electrons. The highest BCUT2D eigenvalue weighted by Crippen LogP contribution is 2.27. The van der Waals surface area contributed by atoms with Crippen molar-refractivity contribution in [3.8, 4) is 11.8 Å². The number of carbonyl (C=O) groups excluding carboxylic acids is 1. The number of nitrogens with zero attached hydrogens (tertiary/aromatic N) is 5. The number of rotatable bonds is 7. The Labute approximate surface area is 231 Å². The van der Waals surface area contributed by atoms with E-state index in [4.69, 9.17) is 0 Å². The normalized spacial score (nSPS) is 15.9. The van der Waals surface area contributed by atoms with Gasteiger partial charge in [-0.3, -0.25) is 9.48 Å². The molecule has 2 saturated heterocycles. The number of likely N-dealkylation sites (tertiary alicyclic amines) is 1. The van der Waals surface area contributed by atoms with Gasteiger partial charge in [0.1, 0.15) is 5.82 Å². The maximum atomic E-state index is 13.2. The lowest BCUT2D eigenvalue weighted by molar-refractivity contribution is -0.137. The van der Waals surface area contributed by atoms with Crippen LogP contribution in [0.3, 0.4) is 0 Å². The second-order valence-electron chi connectivity index (χ2n) is 9.49. The van der Waals surface area contributed by atoms with E-state index in [9.17, 15) is 4.79 Å². The highest BCUT2D eigenvalue weighted by molar-refractivity contribution is 5.79. The summed E-state index contributed by atoms with van der Waals surface area (Å²) in [6.07, 6.45) is 12.9. The third-order valence-corrected chi connectivity index (χ3v) is 6.99. The van der Waals surface area contributed by atoms with E-state index >= 15 is 0 Å². The highest BCUT2D eigenvalue weighted by Gasteiger charge is 2.31.